The van der Waals surface area contributed by atoms with Crippen molar-refractivity contribution in [2.24, 2.45) is 0 Å². The lowest BCUT2D eigenvalue weighted by molar-refractivity contribution is 0.921. The Labute approximate surface area is 99.0 Å². The van der Waals surface area contributed by atoms with Crippen molar-refractivity contribution < 1.29 is 0 Å². The Morgan fingerprint density at radius 2 is 1.56 bits per heavy atom. The molecular formula is C16H20. The third-order valence-electron chi connectivity index (χ3n) is 2.37. The second-order valence-corrected chi connectivity index (χ2v) is 3.72. The van der Waals surface area contributed by atoms with Crippen LogP contribution in [0.15, 0.2) is 54.6 Å². The van der Waals surface area contributed by atoms with Crippen molar-refractivity contribution in [3.63, 3.8) is 0 Å². The smallest absolute Gasteiger partial charge is 0.0228 e. The molecule has 0 heteroatoms. The van der Waals surface area contributed by atoms with Crippen molar-refractivity contribution in [2.45, 2.75) is 26.7 Å². The number of aryl methyl sites for hydroxylation is 1. The molecule has 0 aliphatic carbocycles. The van der Waals surface area contributed by atoms with Gasteiger partial charge in [0.1, 0.15) is 0 Å². The van der Waals surface area contributed by atoms with E-state index >= 15 is 0 Å². The number of rotatable bonds is 3. The van der Waals surface area contributed by atoms with E-state index in [4.69, 9.17) is 0 Å². The van der Waals surface area contributed by atoms with Crippen molar-refractivity contribution in [1.82, 2.24) is 0 Å². The predicted octanol–water partition coefficient (Wildman–Crippen LogP) is 4.80. The normalized spacial score (nSPS) is 10.1. The molecule has 0 amide bonds. The Morgan fingerprint density at radius 3 is 2.19 bits per heavy atom. The zero-order valence-electron chi connectivity index (χ0n) is 10.2. The Kier molecular flexibility index (Phi) is 6.02. The molecule has 1 aromatic rings. The van der Waals surface area contributed by atoms with Gasteiger partial charge in [-0.3, -0.25) is 0 Å². The van der Waals surface area contributed by atoms with Crippen LogP contribution >= 0.6 is 0 Å². The molecule has 0 spiro atoms. The molecule has 0 bridgehead atoms. The number of hydrogen-bond donors (Lipinski definition) is 0. The van der Waals surface area contributed by atoms with E-state index in [2.05, 4.69) is 62.4 Å². The molecular weight excluding hydrogens is 192 g/mol. The lowest BCUT2D eigenvalue weighted by Gasteiger charge is -2.00. The van der Waals surface area contributed by atoms with E-state index in [-0.39, 0.29) is 0 Å². The third kappa shape index (κ3) is 4.31. The van der Waals surface area contributed by atoms with Gasteiger partial charge in [-0.1, -0.05) is 74.0 Å². The summed E-state index contributed by atoms with van der Waals surface area (Å²) in [4.78, 5) is 0. The van der Waals surface area contributed by atoms with Crippen molar-refractivity contribution in [1.29, 1.82) is 0 Å². The van der Waals surface area contributed by atoms with Gasteiger partial charge in [-0.25, -0.2) is 0 Å². The zero-order valence-corrected chi connectivity index (χ0v) is 10.2. The van der Waals surface area contributed by atoms with Crippen molar-refractivity contribution in [3.8, 4) is 0 Å². The Hall–Kier alpha value is -1.56. The summed E-state index contributed by atoms with van der Waals surface area (Å²) < 4.78 is 0. The molecule has 0 saturated heterocycles. The van der Waals surface area contributed by atoms with Crippen LogP contribution in [0.1, 0.15) is 31.4 Å². The first kappa shape index (κ1) is 12.5. The summed E-state index contributed by atoms with van der Waals surface area (Å²) >= 11 is 0. The SMILES string of the molecule is CC=Cc1ccccccccc1CCC. The van der Waals surface area contributed by atoms with Gasteiger partial charge in [0.05, 0.1) is 0 Å². The van der Waals surface area contributed by atoms with Gasteiger partial charge in [-0.05, 0) is 24.5 Å². The second-order valence-electron chi connectivity index (χ2n) is 3.72. The van der Waals surface area contributed by atoms with Crippen LogP contribution in [0.4, 0.5) is 0 Å². The van der Waals surface area contributed by atoms with Crippen LogP contribution in [-0.4, -0.2) is 0 Å². The Balaban J connectivity index is 3.29. The fourth-order valence-corrected chi connectivity index (χ4v) is 1.63. The highest BCUT2D eigenvalue weighted by atomic mass is 14.0. The number of allylic oxidation sites excluding steroid dienone is 1. The summed E-state index contributed by atoms with van der Waals surface area (Å²) in [5.41, 5.74) is 2.71. The minimum atomic E-state index is 1.12. The first-order valence-corrected chi connectivity index (χ1v) is 5.92. The van der Waals surface area contributed by atoms with Gasteiger partial charge in [0, 0.05) is 0 Å². The first-order chi connectivity index (χ1) is 7.88. The molecule has 16 heavy (non-hydrogen) atoms. The average Bonchev–Trinajstić information content (AvgIpc) is 2.30. The molecule has 0 heterocycles. The molecule has 1 aromatic carbocycles. The van der Waals surface area contributed by atoms with Crippen LogP contribution in [0.25, 0.3) is 6.08 Å². The van der Waals surface area contributed by atoms with Gasteiger partial charge in [0.2, 0.25) is 0 Å². The van der Waals surface area contributed by atoms with Gasteiger partial charge in [0.25, 0.3) is 0 Å². The standard InChI is InChI=1S/C16H20/c1-3-11-15-13-9-7-5-6-8-10-14-16(15)12-4-2/h3,5-11,13-14H,4,12H2,1-2H3. The second kappa shape index (κ2) is 7.70. The van der Waals surface area contributed by atoms with E-state index in [1.54, 1.807) is 0 Å². The van der Waals surface area contributed by atoms with E-state index in [0.29, 0.717) is 0 Å². The molecule has 0 aromatic heterocycles. The predicted molar refractivity (Wildman–Crippen MR) is 72.8 cm³/mol. The largest absolute Gasteiger partial charge is 0.0871 e. The maximum absolute atomic E-state index is 2.21. The molecule has 0 fully saturated rings. The monoisotopic (exact) mass is 212 g/mol. The molecule has 84 valence electrons. The maximum atomic E-state index is 2.21. The lowest BCUT2D eigenvalue weighted by Crippen LogP contribution is -1.85. The molecule has 0 aliphatic heterocycles. The molecule has 0 aliphatic rings. The molecule has 0 atom stereocenters. The Bertz CT molecular complexity index is 387. The van der Waals surface area contributed by atoms with Gasteiger partial charge >= 0.3 is 0 Å². The molecule has 0 saturated carbocycles. The summed E-state index contributed by atoms with van der Waals surface area (Å²) in [5.74, 6) is 0. The summed E-state index contributed by atoms with van der Waals surface area (Å²) in [5, 5.41) is 0. The van der Waals surface area contributed by atoms with E-state index in [0.717, 1.165) is 6.42 Å². The topological polar surface area (TPSA) is 0 Å². The molecule has 0 N–H and O–H groups in total. The summed E-state index contributed by atoms with van der Waals surface area (Å²) in [7, 11) is 0. The minimum Gasteiger partial charge on any atom is -0.0871 e. The van der Waals surface area contributed by atoms with Crippen molar-refractivity contribution in [3.05, 3.63) is 65.7 Å². The number of hydrogen-bond acceptors (Lipinski definition) is 0. The molecule has 1 rings (SSSR count). The first-order valence-electron chi connectivity index (χ1n) is 5.92. The van der Waals surface area contributed by atoms with Crippen LogP contribution in [-0.2, 0) is 6.42 Å². The van der Waals surface area contributed by atoms with Gasteiger partial charge in [-0.15, -0.1) is 0 Å². The maximum Gasteiger partial charge on any atom is -0.0228 e. The highest BCUT2D eigenvalue weighted by Gasteiger charge is 1.93. The summed E-state index contributed by atoms with van der Waals surface area (Å²) in [6.07, 6.45) is 6.56. The van der Waals surface area contributed by atoms with Crippen molar-refractivity contribution >= 4 is 6.08 Å². The van der Waals surface area contributed by atoms with Gasteiger partial charge < -0.3 is 0 Å². The van der Waals surface area contributed by atoms with Gasteiger partial charge in [-0.2, -0.15) is 0 Å². The van der Waals surface area contributed by atoms with Crippen LogP contribution in [0, 0.1) is 0 Å². The van der Waals surface area contributed by atoms with E-state index in [9.17, 15) is 0 Å². The Morgan fingerprint density at radius 1 is 0.938 bits per heavy atom. The van der Waals surface area contributed by atoms with Crippen LogP contribution in [0.5, 0.6) is 0 Å². The van der Waals surface area contributed by atoms with E-state index in [1.165, 1.54) is 17.5 Å². The minimum absolute atomic E-state index is 1.12. The zero-order chi connectivity index (χ0) is 11.6. The summed E-state index contributed by atoms with van der Waals surface area (Å²) in [6.45, 7) is 4.27. The lowest BCUT2D eigenvalue weighted by atomic mass is 10.0. The van der Waals surface area contributed by atoms with Gasteiger partial charge in [0.15, 0.2) is 0 Å². The fraction of sp³-hybridized carbons (Fsp3) is 0.250. The fourth-order valence-electron chi connectivity index (χ4n) is 1.63. The van der Waals surface area contributed by atoms with Crippen molar-refractivity contribution in [2.75, 3.05) is 0 Å². The summed E-state index contributed by atoms with van der Waals surface area (Å²) in [6, 6.07) is 16.8. The van der Waals surface area contributed by atoms with Crippen LogP contribution in [0.2, 0.25) is 0 Å². The van der Waals surface area contributed by atoms with Crippen LogP contribution < -0.4 is 0 Å². The molecule has 0 nitrogen and oxygen atoms in total. The highest BCUT2D eigenvalue weighted by Crippen LogP contribution is 2.10. The molecule has 0 unspecified atom stereocenters. The van der Waals surface area contributed by atoms with E-state index in [1.807, 2.05) is 12.1 Å². The third-order valence-corrected chi connectivity index (χ3v) is 2.37. The van der Waals surface area contributed by atoms with E-state index < -0.39 is 0 Å². The highest BCUT2D eigenvalue weighted by molar-refractivity contribution is 5.52. The molecule has 0 radical (unpaired) electrons. The van der Waals surface area contributed by atoms with Crippen LogP contribution in [0.3, 0.4) is 0 Å². The quantitative estimate of drug-likeness (QED) is 0.675. The average molecular weight is 212 g/mol.